The van der Waals surface area contributed by atoms with Gasteiger partial charge in [0.25, 0.3) is 0 Å². The topological polar surface area (TPSA) is 86.7 Å². The van der Waals surface area contributed by atoms with E-state index in [0.29, 0.717) is 16.7 Å². The van der Waals surface area contributed by atoms with E-state index >= 15 is 0 Å². The van der Waals surface area contributed by atoms with E-state index in [2.05, 4.69) is 6.92 Å². The third kappa shape index (κ3) is 7.36. The largest absolute Gasteiger partial charge is 0.462 e. The van der Waals surface area contributed by atoms with Crippen molar-refractivity contribution in [2.45, 2.75) is 38.0 Å². The lowest BCUT2D eigenvalue weighted by Crippen LogP contribution is -2.14. The highest BCUT2D eigenvalue weighted by atomic mass is 32.2. The van der Waals surface area contributed by atoms with Gasteiger partial charge < -0.3 is 9.47 Å². The van der Waals surface area contributed by atoms with Gasteiger partial charge in [-0.3, -0.25) is 4.79 Å². The molecule has 2 rings (SSSR count). The first-order chi connectivity index (χ1) is 14.7. The Kier molecular flexibility index (Phi) is 9.00. The summed E-state index contributed by atoms with van der Waals surface area (Å²) in [5.41, 5.74) is 1.92. The van der Waals surface area contributed by atoms with E-state index in [1.807, 2.05) is 6.07 Å². The van der Waals surface area contributed by atoms with Crippen LogP contribution in [0.3, 0.4) is 0 Å². The van der Waals surface area contributed by atoms with Crippen molar-refractivity contribution in [3.63, 3.8) is 0 Å². The van der Waals surface area contributed by atoms with Gasteiger partial charge in [0.15, 0.2) is 9.84 Å². The Morgan fingerprint density at radius 1 is 0.871 bits per heavy atom. The molecule has 166 valence electrons. The van der Waals surface area contributed by atoms with Crippen LogP contribution < -0.4 is 0 Å². The van der Waals surface area contributed by atoms with Gasteiger partial charge in [-0.05, 0) is 29.7 Å². The van der Waals surface area contributed by atoms with Crippen molar-refractivity contribution in [2.75, 3.05) is 19.5 Å². The molecule has 0 unspecified atom stereocenters. The van der Waals surface area contributed by atoms with Gasteiger partial charge >= 0.3 is 11.9 Å². The van der Waals surface area contributed by atoms with E-state index in [9.17, 15) is 18.0 Å². The van der Waals surface area contributed by atoms with Crippen LogP contribution >= 0.6 is 0 Å². The predicted octanol–water partition coefficient (Wildman–Crippen LogP) is 4.30. The van der Waals surface area contributed by atoms with Gasteiger partial charge in [0.2, 0.25) is 0 Å². The van der Waals surface area contributed by atoms with Crippen LogP contribution in [0, 0.1) is 0 Å². The van der Waals surface area contributed by atoms with Gasteiger partial charge in [-0.25, -0.2) is 13.2 Å². The van der Waals surface area contributed by atoms with Crippen LogP contribution in [-0.4, -0.2) is 39.8 Å². The molecule has 0 atom stereocenters. The highest BCUT2D eigenvalue weighted by molar-refractivity contribution is 7.90. The lowest BCUT2D eigenvalue weighted by molar-refractivity contribution is -0.140. The second-order valence-electron chi connectivity index (χ2n) is 7.14. The SMILES string of the molecule is CCCCCOC(=O)C(=C(COC(C)=O)c1ccc(S(C)(=O)=O)cc1)c1ccccc1. The average molecular weight is 445 g/mol. The summed E-state index contributed by atoms with van der Waals surface area (Å²) in [7, 11) is -3.37. The van der Waals surface area contributed by atoms with Crippen LogP contribution in [0.1, 0.15) is 44.2 Å². The Hall–Kier alpha value is -2.93. The number of sulfone groups is 1. The Morgan fingerprint density at radius 2 is 1.52 bits per heavy atom. The molecule has 0 N–H and O–H groups in total. The molecule has 0 spiro atoms. The molecule has 0 radical (unpaired) electrons. The maximum atomic E-state index is 13.1. The van der Waals surface area contributed by atoms with Crippen LogP contribution in [0.2, 0.25) is 0 Å². The number of rotatable bonds is 10. The first-order valence-electron chi connectivity index (χ1n) is 10.1. The summed E-state index contributed by atoms with van der Waals surface area (Å²) in [5, 5.41) is 0. The molecule has 0 fully saturated rings. The van der Waals surface area contributed by atoms with E-state index in [0.717, 1.165) is 25.5 Å². The van der Waals surface area contributed by atoms with Crippen molar-refractivity contribution in [2.24, 2.45) is 0 Å². The Bertz CT molecular complexity index is 1020. The number of unbranched alkanes of at least 4 members (excludes halogenated alkanes) is 2. The van der Waals surface area contributed by atoms with Crippen LogP contribution in [0.4, 0.5) is 0 Å². The first kappa shape index (κ1) is 24.3. The zero-order chi connectivity index (χ0) is 22.9. The van der Waals surface area contributed by atoms with Crippen LogP contribution in [0.15, 0.2) is 59.5 Å². The number of benzene rings is 2. The highest BCUT2D eigenvalue weighted by Gasteiger charge is 2.22. The average Bonchev–Trinajstić information content (AvgIpc) is 2.74. The number of hydrogen-bond donors (Lipinski definition) is 0. The molecule has 0 amide bonds. The predicted molar refractivity (Wildman–Crippen MR) is 120 cm³/mol. The van der Waals surface area contributed by atoms with Crippen LogP contribution in [-0.2, 0) is 28.9 Å². The number of esters is 2. The van der Waals surface area contributed by atoms with Crippen molar-refractivity contribution in [1.82, 2.24) is 0 Å². The van der Waals surface area contributed by atoms with Gasteiger partial charge in [-0.2, -0.15) is 0 Å². The molecule has 2 aromatic carbocycles. The van der Waals surface area contributed by atoms with E-state index in [-0.39, 0.29) is 23.7 Å². The Balaban J connectivity index is 2.57. The highest BCUT2D eigenvalue weighted by Crippen LogP contribution is 2.29. The minimum Gasteiger partial charge on any atom is -0.462 e. The van der Waals surface area contributed by atoms with Crippen molar-refractivity contribution < 1.29 is 27.5 Å². The summed E-state index contributed by atoms with van der Waals surface area (Å²) >= 11 is 0. The van der Waals surface area contributed by atoms with Gasteiger partial charge in [0.05, 0.1) is 17.1 Å². The van der Waals surface area contributed by atoms with E-state index < -0.39 is 21.8 Å². The molecule has 0 heterocycles. The fourth-order valence-corrected chi connectivity index (χ4v) is 3.62. The Labute approximate surface area is 183 Å². The van der Waals surface area contributed by atoms with Crippen LogP contribution in [0.5, 0.6) is 0 Å². The minimum absolute atomic E-state index is 0.151. The molecule has 6 nitrogen and oxygen atoms in total. The van der Waals surface area contributed by atoms with E-state index in [1.54, 1.807) is 36.4 Å². The first-order valence-corrected chi connectivity index (χ1v) is 12.0. The molecule has 7 heteroatoms. The zero-order valence-corrected chi connectivity index (χ0v) is 18.9. The summed E-state index contributed by atoms with van der Waals surface area (Å²) in [4.78, 5) is 24.7. The molecule has 0 aromatic heterocycles. The molecule has 0 aliphatic rings. The van der Waals surface area contributed by atoms with Crippen molar-refractivity contribution in [3.05, 3.63) is 65.7 Å². The maximum Gasteiger partial charge on any atom is 0.339 e. The molecule has 0 aliphatic heterocycles. The Morgan fingerprint density at radius 3 is 2.06 bits per heavy atom. The zero-order valence-electron chi connectivity index (χ0n) is 18.1. The van der Waals surface area contributed by atoms with Gasteiger partial charge in [-0.15, -0.1) is 0 Å². The monoisotopic (exact) mass is 444 g/mol. The number of carbonyl (C=O) groups excluding carboxylic acids is 2. The smallest absolute Gasteiger partial charge is 0.339 e. The van der Waals surface area contributed by atoms with E-state index in [1.165, 1.54) is 19.1 Å². The molecule has 0 aliphatic carbocycles. The van der Waals surface area contributed by atoms with Gasteiger partial charge in [-0.1, -0.05) is 62.2 Å². The summed E-state index contributed by atoms with van der Waals surface area (Å²) in [6, 6.07) is 15.1. The van der Waals surface area contributed by atoms with Crippen LogP contribution in [0.25, 0.3) is 11.1 Å². The lowest BCUT2D eigenvalue weighted by Gasteiger charge is -2.16. The van der Waals surface area contributed by atoms with Gasteiger partial charge in [0, 0.05) is 18.8 Å². The lowest BCUT2D eigenvalue weighted by atomic mass is 9.95. The maximum absolute atomic E-state index is 13.1. The molecule has 0 saturated heterocycles. The second-order valence-corrected chi connectivity index (χ2v) is 9.16. The number of ether oxygens (including phenoxy) is 2. The third-order valence-electron chi connectivity index (χ3n) is 4.60. The standard InChI is InChI=1S/C24H28O6S/c1-4-5-9-16-29-24(26)23(20-10-7-6-8-11-20)22(17-30-18(2)25)19-12-14-21(15-13-19)31(3,27)28/h6-8,10-15H,4-5,9,16-17H2,1-3H3. The molecular weight excluding hydrogens is 416 g/mol. The number of hydrogen-bond acceptors (Lipinski definition) is 6. The number of carbonyl (C=O) groups is 2. The molecule has 31 heavy (non-hydrogen) atoms. The molecule has 0 bridgehead atoms. The van der Waals surface area contributed by atoms with Crippen molar-refractivity contribution in [1.29, 1.82) is 0 Å². The molecule has 0 saturated carbocycles. The van der Waals surface area contributed by atoms with Crippen molar-refractivity contribution in [3.8, 4) is 0 Å². The summed E-state index contributed by atoms with van der Waals surface area (Å²) < 4.78 is 34.4. The van der Waals surface area contributed by atoms with E-state index in [4.69, 9.17) is 9.47 Å². The summed E-state index contributed by atoms with van der Waals surface area (Å²) in [5.74, 6) is -1.01. The summed E-state index contributed by atoms with van der Waals surface area (Å²) in [6.45, 7) is 3.49. The van der Waals surface area contributed by atoms with Gasteiger partial charge in [0.1, 0.15) is 6.61 Å². The molecular formula is C24H28O6S. The molecule has 2 aromatic rings. The fourth-order valence-electron chi connectivity index (χ4n) is 2.99. The normalized spacial score (nSPS) is 12.1. The van der Waals surface area contributed by atoms with Crippen molar-refractivity contribution >= 4 is 32.9 Å². The second kappa shape index (κ2) is 11.5. The fraction of sp³-hybridized carbons (Fsp3) is 0.333. The third-order valence-corrected chi connectivity index (χ3v) is 5.73. The quantitative estimate of drug-likeness (QED) is 0.235. The minimum atomic E-state index is -3.37. The summed E-state index contributed by atoms with van der Waals surface area (Å²) in [6.07, 6.45) is 3.83.